The summed E-state index contributed by atoms with van der Waals surface area (Å²) in [5, 5.41) is 10.5. The van der Waals surface area contributed by atoms with Crippen molar-refractivity contribution in [2.75, 3.05) is 24.6 Å². The van der Waals surface area contributed by atoms with E-state index >= 15 is 0 Å². The summed E-state index contributed by atoms with van der Waals surface area (Å²) < 4.78 is 1.07. The van der Waals surface area contributed by atoms with Crippen molar-refractivity contribution >= 4 is 43.3 Å². The molecule has 6 heteroatoms. The number of aliphatic hydroxyl groups excluding tert-OH is 1. The zero-order valence-corrected chi connectivity index (χ0v) is 16.2. The lowest BCUT2D eigenvalue weighted by molar-refractivity contribution is 0.302. The Morgan fingerprint density at radius 1 is 1.17 bits per heavy atom. The molecule has 0 radical (unpaired) electrons. The van der Waals surface area contributed by atoms with Crippen molar-refractivity contribution in [1.82, 2.24) is 9.97 Å². The molecule has 2 heterocycles. The average Bonchev–Trinajstić information content (AvgIpc) is 2.99. The number of hydrogen-bond acceptors (Lipinski definition) is 5. The SMILES string of the molecule is CCc1sc2ncnc(N(CC)CCO)c2c1-c1ccc(Br)cc1. The van der Waals surface area contributed by atoms with Crippen molar-refractivity contribution in [2.24, 2.45) is 0 Å². The largest absolute Gasteiger partial charge is 0.395 e. The monoisotopic (exact) mass is 405 g/mol. The molecule has 0 bridgehead atoms. The Kier molecular flexibility index (Phi) is 5.48. The Hall–Kier alpha value is -1.50. The van der Waals surface area contributed by atoms with E-state index in [0.717, 1.165) is 33.5 Å². The van der Waals surface area contributed by atoms with Gasteiger partial charge in [-0.2, -0.15) is 0 Å². The Bertz CT molecular complexity index is 832. The van der Waals surface area contributed by atoms with Crippen molar-refractivity contribution in [3.05, 3.63) is 39.9 Å². The van der Waals surface area contributed by atoms with Gasteiger partial charge in [0, 0.05) is 28.0 Å². The third-order valence-corrected chi connectivity index (χ3v) is 5.82. The first-order valence-electron chi connectivity index (χ1n) is 8.07. The average molecular weight is 406 g/mol. The van der Waals surface area contributed by atoms with E-state index in [1.54, 1.807) is 17.7 Å². The maximum absolute atomic E-state index is 9.38. The predicted molar refractivity (Wildman–Crippen MR) is 105 cm³/mol. The highest BCUT2D eigenvalue weighted by atomic mass is 79.9. The fraction of sp³-hybridized carbons (Fsp3) is 0.333. The molecule has 1 N–H and O–H groups in total. The lowest BCUT2D eigenvalue weighted by atomic mass is 10.0. The number of benzene rings is 1. The summed E-state index contributed by atoms with van der Waals surface area (Å²) in [5.41, 5.74) is 2.40. The van der Waals surface area contributed by atoms with Crippen LogP contribution in [0.15, 0.2) is 35.1 Å². The summed E-state index contributed by atoms with van der Waals surface area (Å²) in [5.74, 6) is 0.908. The number of likely N-dealkylation sites (N-methyl/N-ethyl adjacent to an activating group) is 1. The Balaban J connectivity index is 2.28. The van der Waals surface area contributed by atoms with Gasteiger partial charge in [-0.1, -0.05) is 35.0 Å². The van der Waals surface area contributed by atoms with Gasteiger partial charge in [-0.3, -0.25) is 0 Å². The van der Waals surface area contributed by atoms with E-state index in [4.69, 9.17) is 0 Å². The highest BCUT2D eigenvalue weighted by Crippen LogP contribution is 2.42. The summed E-state index contributed by atoms with van der Waals surface area (Å²) in [6.45, 7) is 5.72. The molecule has 0 saturated heterocycles. The second-order valence-corrected chi connectivity index (χ2v) is 7.44. The van der Waals surface area contributed by atoms with E-state index in [1.165, 1.54) is 16.0 Å². The normalized spacial score (nSPS) is 11.2. The molecule has 4 nitrogen and oxygen atoms in total. The second kappa shape index (κ2) is 7.59. The van der Waals surface area contributed by atoms with Gasteiger partial charge in [0.25, 0.3) is 0 Å². The zero-order chi connectivity index (χ0) is 17.1. The molecule has 0 spiro atoms. The number of aromatic nitrogens is 2. The molecule has 3 rings (SSSR count). The van der Waals surface area contributed by atoms with Gasteiger partial charge in [-0.05, 0) is 31.0 Å². The molecule has 0 atom stereocenters. The third kappa shape index (κ3) is 3.18. The number of aryl methyl sites for hydroxylation is 1. The summed E-state index contributed by atoms with van der Waals surface area (Å²) in [6.07, 6.45) is 2.58. The minimum Gasteiger partial charge on any atom is -0.395 e. The number of fused-ring (bicyclic) bond motifs is 1. The van der Waals surface area contributed by atoms with Crippen molar-refractivity contribution in [3.63, 3.8) is 0 Å². The summed E-state index contributed by atoms with van der Waals surface area (Å²) in [6, 6.07) is 8.38. The first-order valence-corrected chi connectivity index (χ1v) is 9.68. The molecule has 0 amide bonds. The number of rotatable bonds is 6. The molecule has 0 aliphatic rings. The van der Waals surface area contributed by atoms with Crippen LogP contribution in [-0.2, 0) is 6.42 Å². The zero-order valence-electron chi connectivity index (χ0n) is 13.8. The lowest BCUT2D eigenvalue weighted by Gasteiger charge is -2.22. The Labute approximate surface area is 154 Å². The van der Waals surface area contributed by atoms with Gasteiger partial charge in [0.15, 0.2) is 0 Å². The highest BCUT2D eigenvalue weighted by Gasteiger charge is 2.20. The van der Waals surface area contributed by atoms with E-state index in [1.807, 2.05) is 0 Å². The fourth-order valence-corrected chi connectivity index (χ4v) is 4.27. The molecule has 1 aromatic carbocycles. The maximum atomic E-state index is 9.38. The van der Waals surface area contributed by atoms with Gasteiger partial charge in [0.2, 0.25) is 0 Å². The van der Waals surface area contributed by atoms with Crippen LogP contribution in [-0.4, -0.2) is 34.8 Å². The number of hydrogen-bond donors (Lipinski definition) is 1. The molecule has 24 heavy (non-hydrogen) atoms. The molecule has 126 valence electrons. The number of halogens is 1. The summed E-state index contributed by atoms with van der Waals surface area (Å²) in [7, 11) is 0. The van der Waals surface area contributed by atoms with Crippen molar-refractivity contribution < 1.29 is 5.11 Å². The molecule has 2 aromatic heterocycles. The molecule has 0 unspecified atom stereocenters. The molecule has 0 fully saturated rings. The van der Waals surface area contributed by atoms with Crippen molar-refractivity contribution in [3.8, 4) is 11.1 Å². The van der Waals surface area contributed by atoms with E-state index < -0.39 is 0 Å². The van der Waals surface area contributed by atoms with Gasteiger partial charge in [-0.25, -0.2) is 9.97 Å². The first-order chi connectivity index (χ1) is 11.7. The minimum atomic E-state index is 0.109. The van der Waals surface area contributed by atoms with E-state index in [2.05, 4.69) is 68.9 Å². The van der Waals surface area contributed by atoms with Gasteiger partial charge in [0.05, 0.1) is 12.0 Å². The smallest absolute Gasteiger partial charge is 0.141 e. The molecule has 0 aliphatic heterocycles. The van der Waals surface area contributed by atoms with Gasteiger partial charge in [-0.15, -0.1) is 11.3 Å². The summed E-state index contributed by atoms with van der Waals surface area (Å²) >= 11 is 5.24. The quantitative estimate of drug-likeness (QED) is 0.655. The second-order valence-electron chi connectivity index (χ2n) is 5.44. The van der Waals surface area contributed by atoms with Crippen molar-refractivity contribution in [2.45, 2.75) is 20.3 Å². The van der Waals surface area contributed by atoms with Crippen molar-refractivity contribution in [1.29, 1.82) is 0 Å². The number of thiophene rings is 1. The van der Waals surface area contributed by atoms with Crippen LogP contribution >= 0.6 is 27.3 Å². The molecule has 3 aromatic rings. The van der Waals surface area contributed by atoms with E-state index in [9.17, 15) is 5.11 Å². The number of aliphatic hydroxyl groups is 1. The number of anilines is 1. The Morgan fingerprint density at radius 2 is 1.92 bits per heavy atom. The maximum Gasteiger partial charge on any atom is 0.141 e. The molecule has 0 saturated carbocycles. The standard InChI is InChI=1S/C18H20BrN3OS/c1-3-14-15(12-5-7-13(19)8-6-12)16-17(22(4-2)9-10-23)20-11-21-18(16)24-14/h5-8,11,23H,3-4,9-10H2,1-2H3. The van der Waals surface area contributed by atoms with Crippen LogP contribution in [0.2, 0.25) is 0 Å². The van der Waals surface area contributed by atoms with Crippen LogP contribution in [0.25, 0.3) is 21.3 Å². The minimum absolute atomic E-state index is 0.109. The topological polar surface area (TPSA) is 49.2 Å². The highest BCUT2D eigenvalue weighted by molar-refractivity contribution is 9.10. The molecular formula is C18H20BrN3OS. The third-order valence-electron chi connectivity index (χ3n) is 4.05. The molecular weight excluding hydrogens is 386 g/mol. The van der Waals surface area contributed by atoms with E-state index in [0.29, 0.717) is 6.54 Å². The van der Waals surface area contributed by atoms with E-state index in [-0.39, 0.29) is 6.61 Å². The van der Waals surface area contributed by atoms with Crippen LogP contribution < -0.4 is 4.90 Å². The fourth-order valence-electron chi connectivity index (χ4n) is 2.91. The van der Waals surface area contributed by atoms with Crippen LogP contribution in [0, 0.1) is 0 Å². The summed E-state index contributed by atoms with van der Waals surface area (Å²) in [4.78, 5) is 13.5. The van der Waals surface area contributed by atoms with Gasteiger partial charge in [0.1, 0.15) is 17.0 Å². The van der Waals surface area contributed by atoms with Crippen LogP contribution in [0.3, 0.4) is 0 Å². The van der Waals surface area contributed by atoms with Crippen LogP contribution in [0.4, 0.5) is 5.82 Å². The van der Waals surface area contributed by atoms with Gasteiger partial charge >= 0.3 is 0 Å². The van der Waals surface area contributed by atoms with Crippen LogP contribution in [0.5, 0.6) is 0 Å². The lowest BCUT2D eigenvalue weighted by Crippen LogP contribution is -2.27. The first kappa shape index (κ1) is 17.3. The van der Waals surface area contributed by atoms with Crippen LogP contribution in [0.1, 0.15) is 18.7 Å². The predicted octanol–water partition coefficient (Wildman–Crippen LogP) is 4.50. The number of nitrogens with zero attached hydrogens (tertiary/aromatic N) is 3. The van der Waals surface area contributed by atoms with Gasteiger partial charge < -0.3 is 10.0 Å². The molecule has 0 aliphatic carbocycles. The Morgan fingerprint density at radius 3 is 2.54 bits per heavy atom.